The molecule has 0 saturated carbocycles. The molecule has 7 N–H and O–H groups in total. The molecule has 3 saturated heterocycles. The number of esters is 1. The second-order valence-corrected chi connectivity index (χ2v) is 20.3. The molecule has 0 radical (unpaired) electrons. The number of cyclic esters (lactones) is 1. The predicted octanol–water partition coefficient (Wildman–Crippen LogP) is 3.35. The predicted molar refractivity (Wildman–Crippen MR) is 242 cm³/mol. The summed E-state index contributed by atoms with van der Waals surface area (Å²) in [4.78, 5) is 30.3. The van der Waals surface area contributed by atoms with Crippen LogP contribution in [-0.2, 0) is 38.0 Å². The first-order valence-corrected chi connectivity index (χ1v) is 23.9. The number of aliphatic hydroxyl groups excluding tert-OH is 4. The number of ether oxygens (including phenoxy) is 6. The van der Waals surface area contributed by atoms with E-state index >= 15 is 0 Å². The lowest BCUT2D eigenvalue weighted by molar-refractivity contribution is -0.314. The van der Waals surface area contributed by atoms with Crippen molar-refractivity contribution >= 4 is 11.9 Å². The molecule has 0 aromatic rings. The van der Waals surface area contributed by atoms with Crippen LogP contribution in [0.4, 0.5) is 0 Å². The fraction of sp³-hybridized carbons (Fsp3) is 0.875. The highest BCUT2D eigenvalue weighted by Gasteiger charge is 2.52. The fourth-order valence-electron chi connectivity index (χ4n) is 10.1. The average Bonchev–Trinajstić information content (AvgIpc) is 3.23. The normalized spacial score (nSPS) is 43.1. The molecule has 16 heteroatoms. The Morgan fingerprint density at radius 2 is 1.66 bits per heavy atom. The van der Waals surface area contributed by atoms with Gasteiger partial charge in [-0.05, 0) is 107 Å². The van der Waals surface area contributed by atoms with Gasteiger partial charge in [0.15, 0.2) is 12.6 Å². The summed E-state index contributed by atoms with van der Waals surface area (Å²) in [6, 6.07) is -0.900. The molecule has 0 spiro atoms. The third kappa shape index (κ3) is 14.0. The minimum absolute atomic E-state index is 0.0683. The minimum atomic E-state index is -2.02. The number of carbonyl (C=O) groups excluding carboxylic acids is 2. The Morgan fingerprint density at radius 1 is 0.969 bits per heavy atom. The molecule has 4 aliphatic rings. The van der Waals surface area contributed by atoms with Crippen molar-refractivity contribution in [2.24, 2.45) is 23.7 Å². The molecule has 64 heavy (non-hydrogen) atoms. The number of nitrogens with one attached hydrogen (secondary N) is 2. The van der Waals surface area contributed by atoms with Gasteiger partial charge in [0.05, 0.1) is 66.8 Å². The van der Waals surface area contributed by atoms with Crippen LogP contribution in [0, 0.1) is 23.7 Å². The van der Waals surface area contributed by atoms with Gasteiger partial charge in [-0.25, -0.2) is 0 Å². The number of nitrogens with zero attached hydrogens (tertiary/aromatic N) is 1. The van der Waals surface area contributed by atoms with Crippen molar-refractivity contribution in [3.8, 4) is 0 Å². The van der Waals surface area contributed by atoms with Crippen molar-refractivity contribution in [1.82, 2.24) is 15.5 Å². The van der Waals surface area contributed by atoms with Crippen molar-refractivity contribution in [3.63, 3.8) is 0 Å². The van der Waals surface area contributed by atoms with Crippen molar-refractivity contribution in [2.75, 3.05) is 27.2 Å². The molecule has 370 valence electrons. The SMILES string of the molecule is CC[C@H]1OC(=O)[C@H](C)[C@H](OC2C[C@H](C)C(O)[C@H](C)O2)[C@H](C)[C@@H](O[C@@H]2O[C@H](C)C[C@H](N(C)C)[C@H]2O)[C@](C)(OCC(O)CN[C@H](C)CC2=CCCC=C2)C[C@@H](C)NC(=O)[C@H](C)[C@@H](O)[C@]1(C)O. The molecule has 1 amide bonds. The van der Waals surface area contributed by atoms with Gasteiger partial charge in [-0.2, -0.15) is 0 Å². The van der Waals surface area contributed by atoms with Gasteiger partial charge in [0.25, 0.3) is 0 Å². The number of aliphatic hydroxyl groups is 5. The Morgan fingerprint density at radius 3 is 2.27 bits per heavy atom. The summed E-state index contributed by atoms with van der Waals surface area (Å²) >= 11 is 0. The molecule has 3 heterocycles. The van der Waals surface area contributed by atoms with Gasteiger partial charge in [-0.15, -0.1) is 0 Å². The third-order valence-corrected chi connectivity index (χ3v) is 14.1. The molecule has 3 aliphatic heterocycles. The van der Waals surface area contributed by atoms with Crippen LogP contribution in [0.5, 0.6) is 0 Å². The van der Waals surface area contributed by atoms with E-state index in [4.69, 9.17) is 28.4 Å². The Labute approximate surface area is 382 Å². The number of allylic oxidation sites excluding steroid dienone is 3. The molecule has 1 aliphatic carbocycles. The van der Waals surface area contributed by atoms with Crippen molar-refractivity contribution in [2.45, 2.75) is 218 Å². The van der Waals surface area contributed by atoms with Gasteiger partial charge in [-0.3, -0.25) is 9.59 Å². The lowest BCUT2D eigenvalue weighted by Gasteiger charge is -2.49. The molecule has 0 aromatic heterocycles. The van der Waals surface area contributed by atoms with E-state index in [2.05, 4.69) is 35.8 Å². The van der Waals surface area contributed by atoms with Crippen molar-refractivity contribution < 1.29 is 63.5 Å². The second kappa shape index (κ2) is 23.8. The number of carbonyl (C=O) groups is 2. The molecular weight excluding hydrogens is 827 g/mol. The fourth-order valence-corrected chi connectivity index (χ4v) is 10.1. The van der Waals surface area contributed by atoms with Gasteiger partial charge in [0.1, 0.15) is 17.8 Å². The summed E-state index contributed by atoms with van der Waals surface area (Å²) in [5, 5.41) is 63.9. The number of likely N-dealkylation sites (N-methyl/N-ethyl adjacent to an activating group) is 1. The highest BCUT2D eigenvalue weighted by atomic mass is 16.7. The number of hydrogen-bond acceptors (Lipinski definition) is 15. The molecule has 3 unspecified atom stereocenters. The zero-order valence-corrected chi connectivity index (χ0v) is 40.9. The van der Waals surface area contributed by atoms with E-state index < -0.39 is 108 Å². The number of hydrogen-bond donors (Lipinski definition) is 7. The molecule has 20 atom stereocenters. The molecular formula is C48H85N3O13. The van der Waals surface area contributed by atoms with Crippen LogP contribution >= 0.6 is 0 Å². The highest BCUT2D eigenvalue weighted by Crippen LogP contribution is 2.40. The van der Waals surface area contributed by atoms with Crippen LogP contribution in [-0.4, -0.2) is 166 Å². The Balaban J connectivity index is 1.82. The van der Waals surface area contributed by atoms with Gasteiger partial charge >= 0.3 is 5.97 Å². The first-order chi connectivity index (χ1) is 29.9. The summed E-state index contributed by atoms with van der Waals surface area (Å²) in [7, 11) is 3.76. The topological polar surface area (TPSA) is 218 Å². The Hall–Kier alpha value is -2.06. The van der Waals surface area contributed by atoms with Crippen LogP contribution in [0.15, 0.2) is 23.8 Å². The molecule has 0 aromatic carbocycles. The summed E-state index contributed by atoms with van der Waals surface area (Å²) < 4.78 is 39.4. The van der Waals surface area contributed by atoms with Gasteiger partial charge in [-0.1, -0.05) is 51.5 Å². The number of amides is 1. The Kier molecular flexibility index (Phi) is 20.3. The van der Waals surface area contributed by atoms with Crippen LogP contribution in [0.3, 0.4) is 0 Å². The number of rotatable bonds is 14. The lowest BCUT2D eigenvalue weighted by atomic mass is 9.78. The van der Waals surface area contributed by atoms with Crippen molar-refractivity contribution in [1.29, 1.82) is 0 Å². The summed E-state index contributed by atoms with van der Waals surface area (Å²) in [6.45, 7) is 19.4. The summed E-state index contributed by atoms with van der Waals surface area (Å²) in [5.74, 6) is -4.46. The summed E-state index contributed by atoms with van der Waals surface area (Å²) in [6.07, 6.45) is -0.243. The zero-order chi connectivity index (χ0) is 47.8. The smallest absolute Gasteiger partial charge is 0.311 e. The van der Waals surface area contributed by atoms with Gasteiger partial charge in [0.2, 0.25) is 5.91 Å². The van der Waals surface area contributed by atoms with Crippen LogP contribution in [0.1, 0.15) is 121 Å². The van der Waals surface area contributed by atoms with E-state index in [9.17, 15) is 35.1 Å². The van der Waals surface area contributed by atoms with Crippen LogP contribution in [0.25, 0.3) is 0 Å². The maximum Gasteiger partial charge on any atom is 0.311 e. The van der Waals surface area contributed by atoms with E-state index in [0.29, 0.717) is 12.8 Å². The molecule has 0 bridgehead atoms. The van der Waals surface area contributed by atoms with Crippen LogP contribution in [0.2, 0.25) is 0 Å². The Bertz CT molecular complexity index is 1540. The van der Waals surface area contributed by atoms with E-state index in [1.54, 1.807) is 27.7 Å². The highest BCUT2D eigenvalue weighted by molar-refractivity contribution is 5.79. The molecule has 4 rings (SSSR count). The van der Waals surface area contributed by atoms with E-state index in [-0.39, 0.29) is 50.1 Å². The average molecular weight is 912 g/mol. The quantitative estimate of drug-likeness (QED) is 0.124. The monoisotopic (exact) mass is 912 g/mol. The first-order valence-electron chi connectivity index (χ1n) is 23.9. The molecule has 3 fully saturated rings. The standard InChI is InChI=1S/C48H85N3O13/c1-14-37-48(11,58)42(55)32(8)44(56)50-28(4)23-47(10,59-25-35(52)24-49-27(3)21-34-18-16-15-17-19-34)43(64-46-40(54)36(51(12)13)22-29(5)60-46)30(6)41(31(7)45(57)62-37)63-38-20-26(2)39(53)33(9)61-38/h16,18-19,26-33,35-43,46,49,52-55,58H,14-15,17,20-25H2,1-13H3,(H,50,56)/t26-,27+,28+,29+,30-,31+,32+,33-,35?,36-,37+,38?,39?,40+,41+,42+,43+,46-,47+,48+/m0/s1. The van der Waals surface area contributed by atoms with E-state index in [0.717, 1.165) is 19.3 Å². The van der Waals surface area contributed by atoms with E-state index in [1.807, 2.05) is 46.7 Å². The maximum atomic E-state index is 14.5. The first kappa shape index (κ1) is 54.5. The van der Waals surface area contributed by atoms with E-state index in [1.165, 1.54) is 19.4 Å². The van der Waals surface area contributed by atoms with Gasteiger partial charge < -0.3 is 69.5 Å². The second-order valence-electron chi connectivity index (χ2n) is 20.3. The van der Waals surface area contributed by atoms with Gasteiger partial charge in [0, 0.05) is 37.0 Å². The third-order valence-electron chi connectivity index (χ3n) is 14.1. The lowest BCUT2D eigenvalue weighted by Crippen LogP contribution is -2.61. The maximum absolute atomic E-state index is 14.5. The van der Waals surface area contributed by atoms with Crippen LogP contribution < -0.4 is 10.6 Å². The summed E-state index contributed by atoms with van der Waals surface area (Å²) in [5.41, 5.74) is -2.18. The van der Waals surface area contributed by atoms with Crippen molar-refractivity contribution in [3.05, 3.63) is 23.8 Å². The largest absolute Gasteiger partial charge is 0.459 e. The zero-order valence-electron chi connectivity index (χ0n) is 40.9. The molecule has 16 nitrogen and oxygen atoms in total. The minimum Gasteiger partial charge on any atom is -0.459 e.